The lowest BCUT2D eigenvalue weighted by atomic mass is 10.0. The molecule has 0 saturated carbocycles. The fourth-order valence-electron chi connectivity index (χ4n) is 11.5. The van der Waals surface area contributed by atoms with Gasteiger partial charge in [0.25, 0.3) is 0 Å². The Bertz CT molecular complexity index is 3210. The minimum atomic E-state index is -1.11. The van der Waals surface area contributed by atoms with E-state index in [1.54, 1.807) is 34.5 Å². The molecule has 5 aliphatic rings. The molecule has 18 heteroatoms. The van der Waals surface area contributed by atoms with Crippen LogP contribution in [0.2, 0.25) is 19.6 Å². The van der Waals surface area contributed by atoms with Crippen molar-refractivity contribution in [3.05, 3.63) is 229 Å². The van der Waals surface area contributed by atoms with E-state index < -0.39 is 13.7 Å². The zero-order valence-electron chi connectivity index (χ0n) is 55.5. The van der Waals surface area contributed by atoms with Crippen LogP contribution in [-0.2, 0) is 22.7 Å². The zero-order chi connectivity index (χ0) is 65.4. The summed E-state index contributed by atoms with van der Waals surface area (Å²) in [7, 11) is -1.11. The molecule has 17 nitrogen and oxygen atoms in total. The lowest BCUT2D eigenvalue weighted by Crippen LogP contribution is -2.44. The summed E-state index contributed by atoms with van der Waals surface area (Å²) in [6, 6.07) is 51.2. The normalized spacial score (nSPS) is 19.2. The summed E-state index contributed by atoms with van der Waals surface area (Å²) in [5.74, 6) is 1.92. The van der Waals surface area contributed by atoms with Crippen molar-refractivity contribution < 1.29 is 19.2 Å². The van der Waals surface area contributed by atoms with Gasteiger partial charge in [-0.25, -0.2) is 9.59 Å². The summed E-state index contributed by atoms with van der Waals surface area (Å²) in [6.45, 7) is 29.9. The first-order chi connectivity index (χ1) is 44.5. The largest absolute Gasteiger partial charge is 0.444 e. The second kappa shape index (κ2) is 38.0. The van der Waals surface area contributed by atoms with Gasteiger partial charge in [0.05, 0.1) is 26.4 Å². The number of pyridine rings is 5. The van der Waals surface area contributed by atoms with E-state index in [4.69, 9.17) is 14.8 Å². The van der Waals surface area contributed by atoms with Gasteiger partial charge in [0, 0.05) is 149 Å². The lowest BCUT2D eigenvalue weighted by Gasteiger charge is -2.27. The van der Waals surface area contributed by atoms with Crippen molar-refractivity contribution >= 4 is 26.3 Å². The number of rotatable bonds is 14. The average Bonchev–Trinajstić information content (AvgIpc) is 1.98. The SMILES string of the molecule is C=Cc1ccccn1.CC(C)(C)OC(=O)N1CCC(c2ccccn2)C1.CCON(Cc1ccccc1)C[Si](C)(C)C.N#CN1CC[C@@H](NC(=O)N2CCC(c3ccccn3)C2)C1.c1ccc(C2CCNC2)nc1.c1ccc(CN2CCC(c3ccccn3)C2)cc1. The van der Waals surface area contributed by atoms with Crippen molar-refractivity contribution in [2.24, 2.45) is 0 Å². The van der Waals surface area contributed by atoms with Gasteiger partial charge < -0.3 is 30.1 Å². The Balaban J connectivity index is 0.000000160. The molecule has 0 radical (unpaired) electrons. The van der Waals surface area contributed by atoms with Gasteiger partial charge in [-0.05, 0) is 151 Å². The molecular formula is C74H99N13O4Si. The third-order valence-corrected chi connectivity index (χ3v) is 17.3. The van der Waals surface area contributed by atoms with Crippen LogP contribution in [0.4, 0.5) is 9.59 Å². The number of nitriles is 1. The number of likely N-dealkylation sites (tertiary alicyclic amines) is 4. The van der Waals surface area contributed by atoms with Gasteiger partial charge in [-0.15, -0.1) is 0 Å². The molecule has 5 saturated heterocycles. The molecule has 4 unspecified atom stereocenters. The number of carbonyl (C=O) groups excluding carboxylic acids is 2. The van der Waals surface area contributed by atoms with E-state index in [1.165, 1.54) is 41.9 Å². The molecule has 5 fully saturated rings. The Morgan fingerprint density at radius 2 is 1.13 bits per heavy atom. The number of hydrogen-bond acceptors (Lipinski definition) is 14. The highest BCUT2D eigenvalue weighted by atomic mass is 28.3. The second-order valence-corrected chi connectivity index (χ2v) is 31.4. The first-order valence-electron chi connectivity index (χ1n) is 32.8. The number of aromatic nitrogens is 5. The van der Waals surface area contributed by atoms with E-state index in [-0.39, 0.29) is 18.2 Å². The second-order valence-electron chi connectivity index (χ2n) is 26.0. The highest BCUT2D eigenvalue weighted by Crippen LogP contribution is 2.29. The van der Waals surface area contributed by atoms with Crippen LogP contribution in [0, 0.1) is 11.5 Å². The number of amides is 3. The Labute approximate surface area is 549 Å². The quantitative estimate of drug-likeness (QED) is 0.0596. The fraction of sp³-hybridized carbons (Fsp3) is 0.432. The lowest BCUT2D eigenvalue weighted by molar-refractivity contribution is -0.150. The molecule has 488 valence electrons. The Hall–Kier alpha value is -8.18. The number of nitrogens with one attached hydrogen (secondary N) is 2. The van der Waals surface area contributed by atoms with Gasteiger partial charge >= 0.3 is 12.1 Å². The maximum absolute atomic E-state index is 12.3. The van der Waals surface area contributed by atoms with E-state index in [0.717, 1.165) is 108 Å². The van der Waals surface area contributed by atoms with Crippen LogP contribution in [0.25, 0.3) is 6.08 Å². The Kier molecular flexibility index (Phi) is 29.4. The number of urea groups is 1. The fourth-order valence-corrected chi connectivity index (χ4v) is 12.8. The first-order valence-corrected chi connectivity index (χ1v) is 36.5. The minimum Gasteiger partial charge on any atom is -0.444 e. The van der Waals surface area contributed by atoms with Crippen molar-refractivity contribution in [3.8, 4) is 6.19 Å². The Morgan fingerprint density at radius 1 is 0.630 bits per heavy atom. The molecule has 5 aromatic heterocycles. The highest BCUT2D eigenvalue weighted by molar-refractivity contribution is 6.76. The van der Waals surface area contributed by atoms with Crippen molar-refractivity contribution in [2.75, 3.05) is 78.2 Å². The van der Waals surface area contributed by atoms with Crippen LogP contribution in [0.3, 0.4) is 0 Å². The number of hydrogen-bond donors (Lipinski definition) is 2. The number of nitrogens with zero attached hydrogens (tertiary/aromatic N) is 11. The molecule has 0 spiro atoms. The molecule has 5 aliphatic heterocycles. The maximum atomic E-state index is 12.3. The first kappa shape index (κ1) is 71.3. The molecular weight excluding hydrogens is 1160 g/mol. The van der Waals surface area contributed by atoms with Crippen molar-refractivity contribution in [1.29, 1.82) is 5.26 Å². The third-order valence-electron chi connectivity index (χ3n) is 16.0. The molecule has 10 heterocycles. The molecule has 12 rings (SSSR count). The predicted octanol–water partition coefficient (Wildman–Crippen LogP) is 13.2. The van der Waals surface area contributed by atoms with Gasteiger partial charge in [0.2, 0.25) is 0 Å². The van der Waals surface area contributed by atoms with Gasteiger partial charge in [-0.3, -0.25) is 34.7 Å². The van der Waals surface area contributed by atoms with Crippen molar-refractivity contribution in [1.82, 2.24) is 60.2 Å². The van der Waals surface area contributed by atoms with E-state index in [9.17, 15) is 9.59 Å². The van der Waals surface area contributed by atoms with E-state index in [0.29, 0.717) is 36.8 Å². The van der Waals surface area contributed by atoms with Crippen LogP contribution < -0.4 is 10.6 Å². The van der Waals surface area contributed by atoms with Crippen molar-refractivity contribution in [2.45, 2.75) is 128 Å². The van der Waals surface area contributed by atoms with Crippen LogP contribution in [0.1, 0.15) is 123 Å². The molecule has 92 heavy (non-hydrogen) atoms. The standard InChI is InChI=1S/C16H18N2.C15H19N5O.C14H20N2O2.C13H23NOSi.C9H12N2.C7H7N/c1-2-6-14(7-3-1)12-18-11-9-15(13-18)16-8-4-5-10-17-16;16-11-19-7-5-13(10-19)18-15(21)20-8-4-12(9-20)14-3-1-2-6-17-14;1-14(2,3)18-13(17)16-9-7-11(10-16)12-6-4-5-8-15-12;1-5-15-14(12-16(2,3)4)11-13-9-7-6-8-10-13;1-2-5-11-9(3-1)8-4-6-10-7-8;1-2-7-5-3-4-6-8-7/h1-8,10,15H,9,11-13H2;1-3,6,12-13H,4-5,7-10H2,(H,18,21);4-6,8,11H,7,9-10H2,1-3H3;6-10H,5,11-12H2,1-4H3;1-3,5,8,10H,4,6-7H2;2-6H,1H2/t;12?,13-;;;;/m.1..../s1. The third kappa shape index (κ3) is 25.8. The molecule has 0 bridgehead atoms. The molecule has 2 N–H and O–H groups in total. The summed E-state index contributed by atoms with van der Waals surface area (Å²) in [6.07, 6.45) is 19.0. The van der Waals surface area contributed by atoms with E-state index in [2.05, 4.69) is 157 Å². The summed E-state index contributed by atoms with van der Waals surface area (Å²) in [4.78, 5) is 59.2. The summed E-state index contributed by atoms with van der Waals surface area (Å²) < 4.78 is 5.37. The van der Waals surface area contributed by atoms with Crippen LogP contribution in [0.15, 0.2) is 189 Å². The smallest absolute Gasteiger partial charge is 0.410 e. The Morgan fingerprint density at radius 3 is 1.59 bits per heavy atom. The number of hydroxylamine groups is 2. The van der Waals surface area contributed by atoms with E-state index >= 15 is 0 Å². The number of carbonyl (C=O) groups is 2. The molecule has 0 aliphatic carbocycles. The summed E-state index contributed by atoms with van der Waals surface area (Å²) in [5, 5.41) is 17.3. The highest BCUT2D eigenvalue weighted by Gasteiger charge is 2.33. The van der Waals surface area contributed by atoms with Crippen molar-refractivity contribution in [3.63, 3.8) is 0 Å². The summed E-state index contributed by atoms with van der Waals surface area (Å²) >= 11 is 0. The monoisotopic (exact) mass is 1260 g/mol. The molecule has 7 aromatic rings. The van der Waals surface area contributed by atoms with E-state index in [1.807, 2.05) is 118 Å². The van der Waals surface area contributed by atoms with Gasteiger partial charge in [0.1, 0.15) is 5.60 Å². The van der Waals surface area contributed by atoms with Gasteiger partial charge in [-0.2, -0.15) is 10.3 Å². The predicted molar refractivity (Wildman–Crippen MR) is 371 cm³/mol. The molecule has 2 aromatic carbocycles. The molecule has 5 atom stereocenters. The minimum absolute atomic E-state index is 0.0155. The van der Waals surface area contributed by atoms with Crippen LogP contribution in [-0.4, -0.2) is 160 Å². The number of benzene rings is 2. The topological polar surface area (TPSA) is 181 Å². The average molecular weight is 1260 g/mol. The van der Waals surface area contributed by atoms with Crippen LogP contribution in [0.5, 0.6) is 0 Å². The maximum Gasteiger partial charge on any atom is 0.410 e. The molecule has 3 amide bonds. The van der Waals surface area contributed by atoms with Gasteiger partial charge in [-0.1, -0.05) is 117 Å². The van der Waals surface area contributed by atoms with Gasteiger partial charge in [0.15, 0.2) is 6.19 Å². The zero-order valence-corrected chi connectivity index (χ0v) is 56.5. The van der Waals surface area contributed by atoms with Crippen LogP contribution >= 0.6 is 0 Å². The summed E-state index contributed by atoms with van der Waals surface area (Å²) in [5.41, 5.74) is 7.81. The number of ether oxygens (including phenoxy) is 1.